The first-order valence-corrected chi connectivity index (χ1v) is 35.2. The molecule has 0 aromatic heterocycles. The number of benzene rings is 1. The molecule has 42 nitrogen and oxygen atoms in total. The van der Waals surface area contributed by atoms with Gasteiger partial charge in [-0.25, -0.2) is 4.79 Å². The molecule has 14 atom stereocenters. The molecule has 1 heterocycles. The number of aliphatic imine (C=N–C) groups is 2. The van der Waals surface area contributed by atoms with Crippen LogP contribution in [-0.4, -0.2) is 262 Å². The lowest BCUT2D eigenvalue weighted by Gasteiger charge is -2.30. The molecule has 0 saturated carbocycles. The molecular formula is C60H97N21O21S2. The highest BCUT2D eigenvalue weighted by molar-refractivity contribution is 8.76. The zero-order chi connectivity index (χ0) is 78.3. The number of nitrogens with one attached hydrogen (secondary N) is 13. The SMILES string of the molecule is CC[C@H](C)[C@@H]1NC(=O)[C@@H](CCCN=C(N)N)NC(=O)CNC(=O)CNC(=O)[C@H](Cc2ccccc2)NC(=O)[C@H](NC(=O)[C@H](CO)NC(=O)[C@@H](N)CO)CSSC[C@H](C(=O)N[C@H](CC(N)=O)C(=O)N[C@H](CO)C(=O)O)NC(=O)[C@@H]([C@@H](C)CC)NC(=O)[C@H](CCCN=C(N)N)NC(=O)[C@@H](CC(=O)O)NC1=O. The highest BCUT2D eigenvalue weighted by atomic mass is 33.1. The van der Waals surface area contributed by atoms with Crippen molar-refractivity contribution < 1.29 is 102 Å². The third-order valence-corrected chi connectivity index (χ3v) is 18.0. The van der Waals surface area contributed by atoms with Crippen molar-refractivity contribution in [1.29, 1.82) is 0 Å². The number of amides is 14. The van der Waals surface area contributed by atoms with Crippen LogP contribution in [-0.2, 0) is 83.1 Å². The summed E-state index contributed by atoms with van der Waals surface area (Å²) in [6.45, 7) is 1.07. The van der Waals surface area contributed by atoms with Crippen molar-refractivity contribution in [1.82, 2.24) is 69.1 Å². The number of nitrogens with zero attached hydrogens (tertiary/aromatic N) is 2. The van der Waals surface area contributed by atoms with E-state index in [4.69, 9.17) is 34.4 Å². The lowest BCUT2D eigenvalue weighted by Crippen LogP contribution is -2.62. The minimum absolute atomic E-state index is 0.0260. The van der Waals surface area contributed by atoms with Gasteiger partial charge in [-0.1, -0.05) is 92.5 Å². The molecule has 1 saturated heterocycles. The van der Waals surface area contributed by atoms with Crippen LogP contribution >= 0.6 is 21.6 Å². The van der Waals surface area contributed by atoms with Gasteiger partial charge in [0.1, 0.15) is 72.5 Å². The third kappa shape index (κ3) is 33.3. The van der Waals surface area contributed by atoms with Gasteiger partial charge < -0.3 is 129 Å². The van der Waals surface area contributed by atoms with E-state index in [1.807, 2.05) is 5.32 Å². The van der Waals surface area contributed by atoms with Crippen LogP contribution in [0.1, 0.15) is 84.6 Å². The Morgan fingerprint density at radius 1 is 0.548 bits per heavy atom. The number of carbonyl (C=O) groups is 16. The van der Waals surface area contributed by atoms with Crippen molar-refractivity contribution in [2.75, 3.05) is 57.5 Å². The normalized spacial score (nSPS) is 22.2. The Morgan fingerprint density at radius 3 is 1.56 bits per heavy atom. The number of primary amides is 1. The van der Waals surface area contributed by atoms with Crippen molar-refractivity contribution in [3.63, 3.8) is 0 Å². The largest absolute Gasteiger partial charge is 0.481 e. The van der Waals surface area contributed by atoms with Crippen LogP contribution in [0.25, 0.3) is 0 Å². The second-order valence-electron chi connectivity index (χ2n) is 23.8. The van der Waals surface area contributed by atoms with Crippen molar-refractivity contribution in [2.45, 2.75) is 158 Å². The van der Waals surface area contributed by atoms with E-state index in [1.54, 1.807) is 44.2 Å². The Balaban J connectivity index is 3.05. The summed E-state index contributed by atoms with van der Waals surface area (Å²) in [5, 5.41) is 79.5. The molecule has 14 amide bonds. The molecule has 1 fully saturated rings. The standard InChI is InChI=1S/C60H97N21O21S2/c1-5-28(3)45-56(99)75-36(20-44(88)89)52(95)72-33(15-11-17-68-60(65)66)50(93)81-46(29(4)6-2)57(100)79-40(55(98)74-35(19-41(62)85)51(94)77-38(25-84)58(101)102)27-104-103-26-39(78-53(96)37(24-83)76-47(90)31(61)23-82)54(97)73-34(18-30-12-8-7-9-13-30)48(91)70-21-42(86)69-22-43(87)71-32(49(92)80-45)14-10-16-67-59(63)64/h7-9,12-13,28-29,31-40,45-46,82-84H,5-6,10-11,14-27,61H2,1-4H3,(H2,62,85)(H,69,86)(H,70,91)(H,71,87)(H,72,95)(H,73,97)(H,74,98)(H,75,99)(H,76,90)(H,77,94)(H,78,96)(H,79,100)(H,80,92)(H,81,93)(H,88,89)(H,101,102)(H4,63,64,67)(H4,65,66,68)/t28-,29-,31-,32+,33-,34-,35+,36+,37-,38+,39+,40+,45-,46+/m0/s1. The lowest BCUT2D eigenvalue weighted by atomic mass is 9.96. The molecule has 0 unspecified atom stereocenters. The van der Waals surface area contributed by atoms with Crippen molar-refractivity contribution >= 4 is 128 Å². The van der Waals surface area contributed by atoms with E-state index >= 15 is 0 Å². The van der Waals surface area contributed by atoms with Crippen LogP contribution < -0.4 is 104 Å². The monoisotopic (exact) mass is 1510 g/mol. The Bertz CT molecular complexity index is 3210. The van der Waals surface area contributed by atoms with Crippen molar-refractivity contribution in [2.24, 2.45) is 56.2 Å². The summed E-state index contributed by atoms with van der Waals surface area (Å²) in [4.78, 5) is 227. The Morgan fingerprint density at radius 2 is 1.05 bits per heavy atom. The molecule has 0 bridgehead atoms. The number of rotatable bonds is 30. The molecule has 0 radical (unpaired) electrons. The highest BCUT2D eigenvalue weighted by Crippen LogP contribution is 2.24. The average Bonchev–Trinajstić information content (AvgIpc) is 0.852. The zero-order valence-corrected chi connectivity index (χ0v) is 59.3. The Labute approximate surface area is 604 Å². The fourth-order valence-electron chi connectivity index (χ4n) is 9.31. The van der Waals surface area contributed by atoms with Crippen LogP contribution in [0, 0.1) is 11.8 Å². The van der Waals surface area contributed by atoms with E-state index in [9.17, 15) is 102 Å². The number of aliphatic hydroxyl groups excluding tert-OH is 3. The number of hydrogen-bond acceptors (Lipinski definition) is 24. The van der Waals surface area contributed by atoms with Gasteiger partial charge in [0.2, 0.25) is 82.7 Å². The first-order chi connectivity index (χ1) is 49.1. The predicted molar refractivity (Wildman–Crippen MR) is 374 cm³/mol. The lowest BCUT2D eigenvalue weighted by molar-refractivity contribution is -0.143. The molecule has 580 valence electrons. The summed E-state index contributed by atoms with van der Waals surface area (Å²) in [7, 11) is 1.34. The van der Waals surface area contributed by atoms with E-state index in [-0.39, 0.29) is 70.0 Å². The van der Waals surface area contributed by atoms with Gasteiger partial charge in [-0.2, -0.15) is 0 Å². The number of carboxylic acids is 2. The molecule has 1 aliphatic rings. The van der Waals surface area contributed by atoms with Crippen molar-refractivity contribution in [3.05, 3.63) is 35.9 Å². The first kappa shape index (κ1) is 89.9. The van der Waals surface area contributed by atoms with Gasteiger partial charge >= 0.3 is 11.9 Å². The molecule has 44 heteroatoms. The smallest absolute Gasteiger partial charge is 0.328 e. The second kappa shape index (κ2) is 47.2. The van der Waals surface area contributed by atoms with E-state index < -0.39 is 236 Å². The van der Waals surface area contributed by atoms with Gasteiger partial charge in [0, 0.05) is 31.0 Å². The summed E-state index contributed by atoms with van der Waals surface area (Å²) < 4.78 is 0. The van der Waals surface area contributed by atoms with Crippen molar-refractivity contribution in [3.8, 4) is 0 Å². The van der Waals surface area contributed by atoms with Gasteiger partial charge in [-0.3, -0.25) is 81.9 Å². The van der Waals surface area contributed by atoms with Gasteiger partial charge in [0.25, 0.3) is 0 Å². The number of hydrogen-bond donors (Lipinski definition) is 24. The molecular weight excluding hydrogens is 1410 g/mol. The summed E-state index contributed by atoms with van der Waals surface area (Å²) in [6, 6.07) is -13.4. The molecule has 2 rings (SSSR count). The van der Waals surface area contributed by atoms with Crippen LogP contribution in [0.4, 0.5) is 0 Å². The quantitative estimate of drug-likeness (QED) is 0.0147. The molecule has 1 aromatic carbocycles. The maximum atomic E-state index is 14.8. The fraction of sp³-hybridized carbons (Fsp3) is 0.600. The average molecular weight is 1510 g/mol. The molecule has 30 N–H and O–H groups in total. The fourth-order valence-corrected chi connectivity index (χ4v) is 11.6. The highest BCUT2D eigenvalue weighted by Gasteiger charge is 2.39. The van der Waals surface area contributed by atoms with Gasteiger partial charge in [-0.15, -0.1) is 0 Å². The first-order valence-electron chi connectivity index (χ1n) is 32.7. The maximum Gasteiger partial charge on any atom is 0.328 e. The molecule has 1 aromatic rings. The summed E-state index contributed by atoms with van der Waals surface area (Å²) in [6.07, 6.45) is -2.85. The Hall–Kier alpha value is -10.2. The molecule has 0 spiro atoms. The topological polar surface area (TPSA) is 712 Å². The van der Waals surface area contributed by atoms with Crippen LogP contribution in [0.5, 0.6) is 0 Å². The van der Waals surface area contributed by atoms with Crippen LogP contribution in [0.15, 0.2) is 40.3 Å². The van der Waals surface area contributed by atoms with Gasteiger partial charge in [0.05, 0.1) is 45.8 Å². The number of guanidine groups is 2. The third-order valence-electron chi connectivity index (χ3n) is 15.6. The van der Waals surface area contributed by atoms with Crippen LogP contribution in [0.3, 0.4) is 0 Å². The van der Waals surface area contributed by atoms with E-state index in [0.717, 1.165) is 0 Å². The zero-order valence-electron chi connectivity index (χ0n) is 57.6. The predicted octanol–water partition coefficient (Wildman–Crippen LogP) is -10.9. The molecule has 104 heavy (non-hydrogen) atoms. The van der Waals surface area contributed by atoms with E-state index in [1.165, 1.54) is 13.8 Å². The number of carbonyl (C=O) groups excluding carboxylic acids is 14. The number of nitrogens with two attached hydrogens (primary N) is 6. The van der Waals surface area contributed by atoms with Crippen LogP contribution in [0.2, 0.25) is 0 Å². The molecule has 1 aliphatic heterocycles. The number of aliphatic carboxylic acids is 2. The maximum absolute atomic E-state index is 14.8. The molecule has 0 aliphatic carbocycles. The minimum atomic E-state index is -2.02. The number of aliphatic hydroxyl groups is 3. The van der Waals surface area contributed by atoms with Gasteiger partial charge in [0.15, 0.2) is 11.9 Å². The number of carboxylic acid groups (broad SMARTS) is 2. The Kier molecular flexibility index (Phi) is 40.8. The summed E-state index contributed by atoms with van der Waals surface area (Å²) in [5.41, 5.74) is 33.5. The van der Waals surface area contributed by atoms with Gasteiger partial charge in [-0.05, 0) is 43.1 Å². The summed E-state index contributed by atoms with van der Waals surface area (Å²) in [5.74, 6) is -23.1. The minimum Gasteiger partial charge on any atom is -0.481 e. The van der Waals surface area contributed by atoms with E-state index in [0.29, 0.717) is 27.2 Å². The van der Waals surface area contributed by atoms with E-state index in [2.05, 4.69) is 73.8 Å². The second-order valence-corrected chi connectivity index (χ2v) is 26.3. The summed E-state index contributed by atoms with van der Waals surface area (Å²) >= 11 is 0.